The zero-order valence-corrected chi connectivity index (χ0v) is 10.1. The molecule has 0 aliphatic heterocycles. The Morgan fingerprint density at radius 2 is 2.25 bits per heavy atom. The van der Waals surface area contributed by atoms with Gasteiger partial charge in [-0.2, -0.15) is 0 Å². The summed E-state index contributed by atoms with van der Waals surface area (Å²) in [6.07, 6.45) is 2.75. The molecule has 0 amide bonds. The van der Waals surface area contributed by atoms with E-state index in [0.717, 1.165) is 43.6 Å². The maximum atomic E-state index is 4.64. The van der Waals surface area contributed by atoms with Gasteiger partial charge in [0.15, 0.2) is 0 Å². The first kappa shape index (κ1) is 11.5. The molecular formula is C11H20N4O. The fourth-order valence-corrected chi connectivity index (χ4v) is 1.88. The summed E-state index contributed by atoms with van der Waals surface area (Å²) in [5, 5.41) is 11.0. The van der Waals surface area contributed by atoms with E-state index < -0.39 is 0 Å². The molecule has 0 radical (unpaired) electrons. The van der Waals surface area contributed by atoms with E-state index in [-0.39, 0.29) is 0 Å². The zero-order chi connectivity index (χ0) is 11.4. The van der Waals surface area contributed by atoms with Crippen molar-refractivity contribution in [3.05, 3.63) is 11.4 Å². The first-order valence-electron chi connectivity index (χ1n) is 6.04. The van der Waals surface area contributed by atoms with Gasteiger partial charge in [-0.3, -0.25) is 4.90 Å². The molecule has 0 unspecified atom stereocenters. The summed E-state index contributed by atoms with van der Waals surface area (Å²) >= 11 is 0. The lowest BCUT2D eigenvalue weighted by molar-refractivity contribution is 0.275. The first-order valence-corrected chi connectivity index (χ1v) is 6.04. The number of hydrogen-bond donors (Lipinski definition) is 1. The fraction of sp³-hybridized carbons (Fsp3) is 0.818. The SMILES string of the molecule is CCN(CCNCc1nonc1C)C1CC1. The second-order valence-corrected chi connectivity index (χ2v) is 4.33. The minimum Gasteiger partial charge on any atom is -0.310 e. The van der Waals surface area contributed by atoms with Gasteiger partial charge < -0.3 is 5.32 Å². The van der Waals surface area contributed by atoms with Crippen LogP contribution in [0.2, 0.25) is 0 Å². The highest BCUT2D eigenvalue weighted by atomic mass is 16.6. The van der Waals surface area contributed by atoms with Gasteiger partial charge >= 0.3 is 0 Å². The van der Waals surface area contributed by atoms with Gasteiger partial charge in [-0.15, -0.1) is 0 Å². The molecule has 1 N–H and O–H groups in total. The molecule has 1 aromatic heterocycles. The average molecular weight is 224 g/mol. The molecular weight excluding hydrogens is 204 g/mol. The molecule has 0 aromatic carbocycles. The van der Waals surface area contributed by atoms with Crippen LogP contribution in [-0.4, -0.2) is 40.9 Å². The number of likely N-dealkylation sites (N-methyl/N-ethyl adjacent to an activating group) is 1. The largest absolute Gasteiger partial charge is 0.310 e. The van der Waals surface area contributed by atoms with E-state index in [4.69, 9.17) is 0 Å². The lowest BCUT2D eigenvalue weighted by atomic mass is 10.3. The summed E-state index contributed by atoms with van der Waals surface area (Å²) in [4.78, 5) is 2.53. The molecule has 1 aromatic rings. The van der Waals surface area contributed by atoms with Crippen LogP contribution in [0, 0.1) is 6.92 Å². The minimum atomic E-state index is 0.748. The third-order valence-electron chi connectivity index (χ3n) is 3.08. The Bertz CT molecular complexity index is 322. The van der Waals surface area contributed by atoms with Crippen LogP contribution in [0.5, 0.6) is 0 Å². The van der Waals surface area contributed by atoms with Crippen molar-refractivity contribution >= 4 is 0 Å². The number of aryl methyl sites for hydroxylation is 1. The van der Waals surface area contributed by atoms with Crippen molar-refractivity contribution in [2.24, 2.45) is 0 Å². The molecule has 90 valence electrons. The number of nitrogens with zero attached hydrogens (tertiary/aromatic N) is 3. The second kappa shape index (κ2) is 5.41. The van der Waals surface area contributed by atoms with Crippen LogP contribution in [0.1, 0.15) is 31.2 Å². The van der Waals surface area contributed by atoms with E-state index in [1.807, 2.05) is 6.92 Å². The quantitative estimate of drug-likeness (QED) is 0.699. The molecule has 0 saturated heterocycles. The Kier molecular flexibility index (Phi) is 3.90. The van der Waals surface area contributed by atoms with Gasteiger partial charge in [-0.05, 0) is 26.3 Å². The average Bonchev–Trinajstić information content (AvgIpc) is 3.04. The maximum absolute atomic E-state index is 4.64. The van der Waals surface area contributed by atoms with E-state index in [9.17, 15) is 0 Å². The number of rotatable bonds is 7. The van der Waals surface area contributed by atoms with Crippen molar-refractivity contribution < 1.29 is 4.63 Å². The van der Waals surface area contributed by atoms with E-state index >= 15 is 0 Å². The predicted molar refractivity (Wildman–Crippen MR) is 61.0 cm³/mol. The number of nitrogens with one attached hydrogen (secondary N) is 1. The summed E-state index contributed by atoms with van der Waals surface area (Å²) in [7, 11) is 0. The van der Waals surface area contributed by atoms with Crippen LogP contribution in [0.4, 0.5) is 0 Å². The first-order chi connectivity index (χ1) is 7.81. The Labute approximate surface area is 96.2 Å². The lowest BCUT2D eigenvalue weighted by Crippen LogP contribution is -2.33. The summed E-state index contributed by atoms with van der Waals surface area (Å²) in [5.41, 5.74) is 1.79. The fourth-order valence-electron chi connectivity index (χ4n) is 1.88. The molecule has 1 heterocycles. The van der Waals surface area contributed by atoms with Gasteiger partial charge in [0.25, 0.3) is 0 Å². The Morgan fingerprint density at radius 1 is 1.44 bits per heavy atom. The van der Waals surface area contributed by atoms with E-state index in [2.05, 4.69) is 32.1 Å². The number of aromatic nitrogens is 2. The molecule has 16 heavy (non-hydrogen) atoms. The zero-order valence-electron chi connectivity index (χ0n) is 10.1. The van der Waals surface area contributed by atoms with Gasteiger partial charge in [0.05, 0.1) is 0 Å². The van der Waals surface area contributed by atoms with Crippen LogP contribution >= 0.6 is 0 Å². The second-order valence-electron chi connectivity index (χ2n) is 4.33. The summed E-state index contributed by atoms with van der Waals surface area (Å²) in [6, 6.07) is 0.849. The highest BCUT2D eigenvalue weighted by molar-refractivity contribution is 5.03. The Hall–Kier alpha value is -0.940. The molecule has 5 heteroatoms. The van der Waals surface area contributed by atoms with Gasteiger partial charge in [0.1, 0.15) is 11.4 Å². The molecule has 0 bridgehead atoms. The van der Waals surface area contributed by atoms with E-state index in [0.29, 0.717) is 0 Å². The van der Waals surface area contributed by atoms with Crippen LogP contribution in [0.3, 0.4) is 0 Å². The van der Waals surface area contributed by atoms with Crippen LogP contribution in [-0.2, 0) is 6.54 Å². The summed E-state index contributed by atoms with van der Waals surface area (Å²) in [6.45, 7) is 8.15. The van der Waals surface area contributed by atoms with Crippen molar-refractivity contribution in [1.29, 1.82) is 0 Å². The van der Waals surface area contributed by atoms with Crippen LogP contribution < -0.4 is 5.32 Å². The van der Waals surface area contributed by atoms with E-state index in [1.54, 1.807) is 0 Å². The third kappa shape index (κ3) is 3.02. The van der Waals surface area contributed by atoms with E-state index in [1.165, 1.54) is 12.8 Å². The van der Waals surface area contributed by atoms with Crippen molar-refractivity contribution in [3.63, 3.8) is 0 Å². The van der Waals surface area contributed by atoms with Crippen molar-refractivity contribution in [1.82, 2.24) is 20.5 Å². The molecule has 0 atom stereocenters. The maximum Gasteiger partial charge on any atom is 0.121 e. The van der Waals surface area contributed by atoms with Gasteiger partial charge in [-0.1, -0.05) is 17.2 Å². The molecule has 1 saturated carbocycles. The van der Waals surface area contributed by atoms with Crippen LogP contribution in [0.15, 0.2) is 4.63 Å². The standard InChI is InChI=1S/C11H20N4O/c1-3-15(10-4-5-10)7-6-12-8-11-9(2)13-16-14-11/h10,12H,3-8H2,1-2H3. The highest BCUT2D eigenvalue weighted by Crippen LogP contribution is 2.25. The molecule has 1 aliphatic rings. The van der Waals surface area contributed by atoms with Gasteiger partial charge in [0.2, 0.25) is 0 Å². The van der Waals surface area contributed by atoms with Crippen molar-refractivity contribution in [3.8, 4) is 0 Å². The number of hydrogen-bond acceptors (Lipinski definition) is 5. The predicted octanol–water partition coefficient (Wildman–Crippen LogP) is 0.952. The van der Waals surface area contributed by atoms with Gasteiger partial charge in [0, 0.05) is 25.7 Å². The molecule has 1 aliphatic carbocycles. The van der Waals surface area contributed by atoms with Crippen LogP contribution in [0.25, 0.3) is 0 Å². The minimum absolute atomic E-state index is 0.748. The topological polar surface area (TPSA) is 54.2 Å². The monoisotopic (exact) mass is 224 g/mol. The summed E-state index contributed by atoms with van der Waals surface area (Å²) < 4.78 is 4.64. The lowest BCUT2D eigenvalue weighted by Gasteiger charge is -2.19. The molecule has 1 fully saturated rings. The summed E-state index contributed by atoms with van der Waals surface area (Å²) in [5.74, 6) is 0. The van der Waals surface area contributed by atoms with Crippen molar-refractivity contribution in [2.75, 3.05) is 19.6 Å². The van der Waals surface area contributed by atoms with Crippen molar-refractivity contribution in [2.45, 2.75) is 39.3 Å². The van der Waals surface area contributed by atoms with Gasteiger partial charge in [-0.25, -0.2) is 4.63 Å². The molecule has 0 spiro atoms. The Balaban J connectivity index is 1.62. The molecule has 5 nitrogen and oxygen atoms in total. The smallest absolute Gasteiger partial charge is 0.121 e. The molecule has 2 rings (SSSR count). The third-order valence-corrected chi connectivity index (χ3v) is 3.08. The highest BCUT2D eigenvalue weighted by Gasteiger charge is 2.26. The normalized spacial score (nSPS) is 15.9. The Morgan fingerprint density at radius 3 is 2.81 bits per heavy atom.